The number of hydrogen-bond acceptors (Lipinski definition) is 5. The smallest absolute Gasteiger partial charge is 0.228 e. The Morgan fingerprint density at radius 1 is 1.24 bits per heavy atom. The summed E-state index contributed by atoms with van der Waals surface area (Å²) in [6.45, 7) is 1.86. The minimum Gasteiger partial charge on any atom is -0.462 e. The molecule has 94 valence electrons. The summed E-state index contributed by atoms with van der Waals surface area (Å²) in [7, 11) is 0. The van der Waals surface area contributed by atoms with Gasteiger partial charge in [-0.15, -0.1) is 0 Å². The first-order valence-electron chi connectivity index (χ1n) is 5.47. The van der Waals surface area contributed by atoms with Crippen molar-refractivity contribution in [2.24, 2.45) is 0 Å². The van der Waals surface area contributed by atoms with E-state index in [1.165, 1.54) is 0 Å². The maximum Gasteiger partial charge on any atom is 0.228 e. The fourth-order valence-corrected chi connectivity index (χ4v) is 1.71. The Labute approximate surface area is 99.2 Å². The second kappa shape index (κ2) is 5.01. The molecule has 0 radical (unpaired) electrons. The van der Waals surface area contributed by atoms with Gasteiger partial charge in [0.1, 0.15) is 24.1 Å². The van der Waals surface area contributed by atoms with Gasteiger partial charge in [0.15, 0.2) is 0 Å². The minimum atomic E-state index is -1.26. The van der Waals surface area contributed by atoms with Crippen LogP contribution < -0.4 is 4.74 Å². The van der Waals surface area contributed by atoms with E-state index in [1.807, 2.05) is 19.1 Å². The zero-order chi connectivity index (χ0) is 12.4. The summed E-state index contributed by atoms with van der Waals surface area (Å²) in [5.74, 6) is 0.553. The Morgan fingerprint density at radius 2 is 2.00 bits per heavy atom. The van der Waals surface area contributed by atoms with Gasteiger partial charge in [0.25, 0.3) is 0 Å². The molecular formula is C12H16O5. The summed E-state index contributed by atoms with van der Waals surface area (Å²) in [5, 5.41) is 28.5. The van der Waals surface area contributed by atoms with E-state index >= 15 is 0 Å². The van der Waals surface area contributed by atoms with Crippen LogP contribution in [0.1, 0.15) is 5.56 Å². The zero-order valence-corrected chi connectivity index (χ0v) is 9.48. The van der Waals surface area contributed by atoms with Crippen molar-refractivity contribution in [1.82, 2.24) is 0 Å². The molecule has 1 aromatic rings. The summed E-state index contributed by atoms with van der Waals surface area (Å²) in [4.78, 5) is 0. The second-order valence-corrected chi connectivity index (χ2v) is 4.18. The molecule has 1 aliphatic rings. The van der Waals surface area contributed by atoms with E-state index in [1.54, 1.807) is 12.1 Å². The number of hydrogen-bond donors (Lipinski definition) is 3. The van der Waals surface area contributed by atoms with Crippen LogP contribution in [0.4, 0.5) is 0 Å². The first-order chi connectivity index (χ1) is 8.08. The molecule has 3 N–H and O–H groups in total. The number of ether oxygens (including phenoxy) is 2. The van der Waals surface area contributed by atoms with Crippen molar-refractivity contribution in [3.05, 3.63) is 29.8 Å². The van der Waals surface area contributed by atoms with Gasteiger partial charge in [0, 0.05) is 0 Å². The lowest BCUT2D eigenvalue weighted by Crippen LogP contribution is -2.54. The molecule has 1 heterocycles. The van der Waals surface area contributed by atoms with E-state index in [9.17, 15) is 15.3 Å². The summed E-state index contributed by atoms with van der Waals surface area (Å²) >= 11 is 0. The Balaban J connectivity index is 2.04. The van der Waals surface area contributed by atoms with Crippen molar-refractivity contribution in [2.75, 3.05) is 6.61 Å². The van der Waals surface area contributed by atoms with Crippen LogP contribution in [0.3, 0.4) is 0 Å². The molecule has 1 saturated heterocycles. The molecule has 0 spiro atoms. The molecule has 1 unspecified atom stereocenters. The molecule has 5 nitrogen and oxygen atoms in total. The molecule has 1 aromatic carbocycles. The van der Waals surface area contributed by atoms with Crippen LogP contribution in [0, 0.1) is 6.92 Å². The highest BCUT2D eigenvalue weighted by molar-refractivity contribution is 5.27. The molecule has 5 heteroatoms. The Kier molecular flexibility index (Phi) is 3.63. The number of benzene rings is 1. The van der Waals surface area contributed by atoms with Crippen LogP contribution >= 0.6 is 0 Å². The maximum atomic E-state index is 9.68. The summed E-state index contributed by atoms with van der Waals surface area (Å²) < 4.78 is 10.6. The third-order valence-electron chi connectivity index (χ3n) is 2.70. The summed E-state index contributed by atoms with van der Waals surface area (Å²) in [6, 6.07) is 7.28. The van der Waals surface area contributed by atoms with Crippen molar-refractivity contribution in [1.29, 1.82) is 0 Å². The summed E-state index contributed by atoms with van der Waals surface area (Å²) in [5.41, 5.74) is 1.02. The van der Waals surface area contributed by atoms with Gasteiger partial charge < -0.3 is 24.8 Å². The molecule has 1 fully saturated rings. The van der Waals surface area contributed by atoms with E-state index < -0.39 is 24.6 Å². The monoisotopic (exact) mass is 240 g/mol. The van der Waals surface area contributed by atoms with Crippen LogP contribution in [-0.4, -0.2) is 46.5 Å². The predicted molar refractivity (Wildman–Crippen MR) is 59.6 cm³/mol. The SMILES string of the molecule is Cc1cccc(O[C@@H]2OC[C@H](O)[C@@H](O)C2O)c1. The van der Waals surface area contributed by atoms with E-state index in [0.29, 0.717) is 5.75 Å². The van der Waals surface area contributed by atoms with Gasteiger partial charge in [-0.1, -0.05) is 12.1 Å². The Hall–Kier alpha value is -1.14. The van der Waals surface area contributed by atoms with Crippen LogP contribution in [0.25, 0.3) is 0 Å². The van der Waals surface area contributed by atoms with Gasteiger partial charge >= 0.3 is 0 Å². The number of rotatable bonds is 2. The minimum absolute atomic E-state index is 0.0608. The first-order valence-corrected chi connectivity index (χ1v) is 5.47. The van der Waals surface area contributed by atoms with Gasteiger partial charge in [0.05, 0.1) is 6.61 Å². The Bertz CT molecular complexity index is 381. The van der Waals surface area contributed by atoms with Crippen LogP contribution in [0.15, 0.2) is 24.3 Å². The topological polar surface area (TPSA) is 79.2 Å². The molecule has 17 heavy (non-hydrogen) atoms. The highest BCUT2D eigenvalue weighted by Gasteiger charge is 2.38. The lowest BCUT2D eigenvalue weighted by atomic mass is 10.1. The molecule has 0 bridgehead atoms. The van der Waals surface area contributed by atoms with Crippen molar-refractivity contribution >= 4 is 0 Å². The third kappa shape index (κ3) is 2.76. The van der Waals surface area contributed by atoms with Gasteiger partial charge in [-0.05, 0) is 24.6 Å². The number of aliphatic hydroxyl groups excluding tert-OH is 3. The molecular weight excluding hydrogens is 224 g/mol. The third-order valence-corrected chi connectivity index (χ3v) is 2.70. The van der Waals surface area contributed by atoms with Crippen molar-refractivity contribution in [2.45, 2.75) is 31.5 Å². The molecule has 4 atom stereocenters. The zero-order valence-electron chi connectivity index (χ0n) is 9.48. The second-order valence-electron chi connectivity index (χ2n) is 4.18. The predicted octanol–water partition coefficient (Wildman–Crippen LogP) is -0.187. The van der Waals surface area contributed by atoms with Crippen molar-refractivity contribution < 1.29 is 24.8 Å². The van der Waals surface area contributed by atoms with Crippen LogP contribution in [-0.2, 0) is 4.74 Å². The molecule has 2 rings (SSSR count). The highest BCUT2D eigenvalue weighted by Crippen LogP contribution is 2.21. The van der Waals surface area contributed by atoms with E-state index in [-0.39, 0.29) is 6.61 Å². The lowest BCUT2D eigenvalue weighted by Gasteiger charge is -2.34. The van der Waals surface area contributed by atoms with Crippen molar-refractivity contribution in [3.63, 3.8) is 0 Å². The van der Waals surface area contributed by atoms with Gasteiger partial charge in [0.2, 0.25) is 6.29 Å². The van der Waals surface area contributed by atoms with Gasteiger partial charge in [-0.25, -0.2) is 0 Å². The highest BCUT2D eigenvalue weighted by atomic mass is 16.7. The quantitative estimate of drug-likeness (QED) is 0.668. The fraction of sp³-hybridized carbons (Fsp3) is 0.500. The summed E-state index contributed by atoms with van der Waals surface area (Å²) in [6.07, 6.45) is -4.56. The maximum absolute atomic E-state index is 9.68. The van der Waals surface area contributed by atoms with Crippen LogP contribution in [0.5, 0.6) is 5.75 Å². The van der Waals surface area contributed by atoms with E-state index in [2.05, 4.69) is 0 Å². The van der Waals surface area contributed by atoms with E-state index in [4.69, 9.17) is 9.47 Å². The average Bonchev–Trinajstić information content (AvgIpc) is 2.30. The molecule has 0 aliphatic carbocycles. The molecule has 0 aromatic heterocycles. The standard InChI is InChI=1S/C12H16O5/c1-7-3-2-4-8(5-7)17-12-11(15)10(14)9(13)6-16-12/h2-5,9-15H,6H2,1H3/t9-,10+,11?,12-/m0/s1. The van der Waals surface area contributed by atoms with Crippen molar-refractivity contribution in [3.8, 4) is 5.75 Å². The average molecular weight is 240 g/mol. The number of aryl methyl sites for hydroxylation is 1. The lowest BCUT2D eigenvalue weighted by molar-refractivity contribution is -0.242. The largest absolute Gasteiger partial charge is 0.462 e. The van der Waals surface area contributed by atoms with Crippen LogP contribution in [0.2, 0.25) is 0 Å². The molecule has 0 amide bonds. The van der Waals surface area contributed by atoms with Gasteiger partial charge in [-0.3, -0.25) is 0 Å². The van der Waals surface area contributed by atoms with E-state index in [0.717, 1.165) is 5.56 Å². The normalized spacial score (nSPS) is 33.4. The van der Waals surface area contributed by atoms with Gasteiger partial charge in [-0.2, -0.15) is 0 Å². The molecule has 0 saturated carbocycles. The fourth-order valence-electron chi connectivity index (χ4n) is 1.71. The molecule has 1 aliphatic heterocycles. The first kappa shape index (κ1) is 12.3. The number of aliphatic hydroxyl groups is 3. The Morgan fingerprint density at radius 3 is 2.71 bits per heavy atom.